The van der Waals surface area contributed by atoms with E-state index in [0.717, 1.165) is 48.9 Å². The van der Waals surface area contributed by atoms with Gasteiger partial charge in [-0.3, -0.25) is 4.79 Å². The van der Waals surface area contributed by atoms with Crippen LogP contribution in [0.4, 0.5) is 5.13 Å². The van der Waals surface area contributed by atoms with E-state index >= 15 is 0 Å². The third-order valence-electron chi connectivity index (χ3n) is 5.10. The third-order valence-corrected chi connectivity index (χ3v) is 5.93. The minimum absolute atomic E-state index is 0.0421. The summed E-state index contributed by atoms with van der Waals surface area (Å²) < 4.78 is 5.95. The Morgan fingerprint density at radius 2 is 1.83 bits per heavy atom. The number of rotatable bonds is 6. The van der Waals surface area contributed by atoms with E-state index in [1.165, 1.54) is 5.56 Å². The number of thiazole rings is 1. The second kappa shape index (κ2) is 9.56. The summed E-state index contributed by atoms with van der Waals surface area (Å²) in [5.41, 5.74) is 2.32. The first kappa shape index (κ1) is 19.5. The number of hydrogen-bond donors (Lipinski definition) is 0. The van der Waals surface area contributed by atoms with E-state index in [4.69, 9.17) is 4.74 Å². The van der Waals surface area contributed by atoms with E-state index in [1.807, 2.05) is 52.9 Å². The standard InChI is InChI=1S/C23H25N3O2S/c27-22(25-12-6-13-26(15-14-25)23-24-11-16-29-23)18-28-21-10-5-4-9-20(21)17-19-7-2-1-3-8-19/h1-5,7-11,16H,6,12-15,17-18H2. The lowest BCUT2D eigenvalue weighted by Crippen LogP contribution is -2.38. The van der Waals surface area contributed by atoms with Gasteiger partial charge in [0, 0.05) is 44.2 Å². The van der Waals surface area contributed by atoms with Crippen LogP contribution < -0.4 is 9.64 Å². The maximum Gasteiger partial charge on any atom is 0.260 e. The van der Waals surface area contributed by atoms with Crippen LogP contribution in [-0.2, 0) is 11.2 Å². The predicted octanol–water partition coefficient (Wildman–Crippen LogP) is 3.85. The van der Waals surface area contributed by atoms with Crippen molar-refractivity contribution in [3.05, 3.63) is 77.3 Å². The molecule has 1 fully saturated rings. The third kappa shape index (κ3) is 5.15. The van der Waals surface area contributed by atoms with Crippen LogP contribution in [0.5, 0.6) is 5.75 Å². The zero-order chi connectivity index (χ0) is 19.9. The average molecular weight is 408 g/mol. The molecule has 150 valence electrons. The number of para-hydroxylation sites is 1. The lowest BCUT2D eigenvalue weighted by molar-refractivity contribution is -0.133. The van der Waals surface area contributed by atoms with Crippen LogP contribution >= 0.6 is 11.3 Å². The Labute approximate surface area is 175 Å². The van der Waals surface area contributed by atoms with Crippen molar-refractivity contribution in [3.8, 4) is 5.75 Å². The Morgan fingerprint density at radius 1 is 1.00 bits per heavy atom. The van der Waals surface area contributed by atoms with E-state index in [1.54, 1.807) is 11.3 Å². The number of amides is 1. The normalized spacial score (nSPS) is 14.5. The molecule has 0 unspecified atom stereocenters. The molecule has 29 heavy (non-hydrogen) atoms. The van der Waals surface area contributed by atoms with Crippen molar-refractivity contribution < 1.29 is 9.53 Å². The predicted molar refractivity (Wildman–Crippen MR) is 117 cm³/mol. The van der Waals surface area contributed by atoms with Gasteiger partial charge in [0.1, 0.15) is 5.75 Å². The van der Waals surface area contributed by atoms with Crippen molar-refractivity contribution in [1.82, 2.24) is 9.88 Å². The van der Waals surface area contributed by atoms with Crippen molar-refractivity contribution in [2.24, 2.45) is 0 Å². The van der Waals surface area contributed by atoms with Crippen LogP contribution in [0.15, 0.2) is 66.2 Å². The van der Waals surface area contributed by atoms with Crippen LogP contribution in [0.25, 0.3) is 0 Å². The zero-order valence-electron chi connectivity index (χ0n) is 16.4. The Morgan fingerprint density at radius 3 is 2.66 bits per heavy atom. The van der Waals surface area contributed by atoms with Crippen LogP contribution in [-0.4, -0.2) is 48.6 Å². The first-order valence-corrected chi connectivity index (χ1v) is 10.8. The van der Waals surface area contributed by atoms with E-state index in [2.05, 4.69) is 28.1 Å². The lowest BCUT2D eigenvalue weighted by Gasteiger charge is -2.22. The Hall–Kier alpha value is -2.86. The summed E-state index contributed by atoms with van der Waals surface area (Å²) in [4.78, 5) is 21.3. The zero-order valence-corrected chi connectivity index (χ0v) is 17.2. The van der Waals surface area contributed by atoms with Crippen LogP contribution in [0.1, 0.15) is 17.5 Å². The SMILES string of the molecule is O=C(COc1ccccc1Cc1ccccc1)N1CCCN(c2nccs2)CC1. The first-order valence-electron chi connectivity index (χ1n) is 9.96. The molecule has 0 bridgehead atoms. The smallest absolute Gasteiger partial charge is 0.260 e. The molecule has 0 radical (unpaired) electrons. The summed E-state index contributed by atoms with van der Waals surface area (Å²) >= 11 is 1.64. The highest BCUT2D eigenvalue weighted by atomic mass is 32.1. The molecular weight excluding hydrogens is 382 g/mol. The fraction of sp³-hybridized carbons (Fsp3) is 0.304. The van der Waals surface area contributed by atoms with E-state index < -0.39 is 0 Å². The number of carbonyl (C=O) groups is 1. The van der Waals surface area contributed by atoms with Crippen molar-refractivity contribution in [2.75, 3.05) is 37.7 Å². The number of carbonyl (C=O) groups excluding carboxylic acids is 1. The Bertz CT molecular complexity index is 915. The van der Waals surface area contributed by atoms with E-state index in [9.17, 15) is 4.79 Å². The lowest BCUT2D eigenvalue weighted by atomic mass is 10.0. The molecule has 5 nitrogen and oxygen atoms in total. The summed E-state index contributed by atoms with van der Waals surface area (Å²) in [5, 5.41) is 3.02. The first-order chi connectivity index (χ1) is 14.3. The molecular formula is C23H25N3O2S. The van der Waals surface area contributed by atoms with Crippen molar-refractivity contribution in [3.63, 3.8) is 0 Å². The molecule has 2 aromatic carbocycles. The highest BCUT2D eigenvalue weighted by Gasteiger charge is 2.21. The van der Waals surface area contributed by atoms with Gasteiger partial charge in [-0.05, 0) is 23.6 Å². The molecule has 0 atom stereocenters. The van der Waals surface area contributed by atoms with E-state index in [-0.39, 0.29) is 12.5 Å². The molecule has 2 heterocycles. The molecule has 1 saturated heterocycles. The van der Waals surface area contributed by atoms with Crippen LogP contribution in [0.3, 0.4) is 0 Å². The molecule has 1 aromatic heterocycles. The topological polar surface area (TPSA) is 45.7 Å². The minimum Gasteiger partial charge on any atom is -0.483 e. The Kier molecular flexibility index (Phi) is 6.42. The molecule has 4 rings (SSSR count). The molecule has 1 aliphatic heterocycles. The summed E-state index contributed by atoms with van der Waals surface area (Å²) in [5.74, 6) is 0.824. The molecule has 0 saturated carbocycles. The van der Waals surface area contributed by atoms with Gasteiger partial charge < -0.3 is 14.5 Å². The molecule has 3 aromatic rings. The van der Waals surface area contributed by atoms with Gasteiger partial charge in [0.15, 0.2) is 11.7 Å². The quantitative estimate of drug-likeness (QED) is 0.623. The van der Waals surface area contributed by atoms with Gasteiger partial charge >= 0.3 is 0 Å². The molecule has 0 spiro atoms. The summed E-state index contributed by atoms with van der Waals surface area (Å²) in [6.45, 7) is 3.27. The number of anilines is 1. The van der Waals surface area contributed by atoms with Crippen molar-refractivity contribution in [2.45, 2.75) is 12.8 Å². The maximum absolute atomic E-state index is 12.8. The fourth-order valence-corrected chi connectivity index (χ4v) is 4.26. The largest absolute Gasteiger partial charge is 0.483 e. The van der Waals surface area contributed by atoms with Crippen molar-refractivity contribution in [1.29, 1.82) is 0 Å². The second-order valence-electron chi connectivity index (χ2n) is 7.09. The number of hydrogen-bond acceptors (Lipinski definition) is 5. The maximum atomic E-state index is 12.8. The average Bonchev–Trinajstić information content (AvgIpc) is 3.18. The van der Waals surface area contributed by atoms with Crippen LogP contribution in [0, 0.1) is 0 Å². The summed E-state index contributed by atoms with van der Waals surface area (Å²) in [6, 6.07) is 18.3. The number of benzene rings is 2. The molecule has 0 aliphatic carbocycles. The Balaban J connectivity index is 1.34. The van der Waals surface area contributed by atoms with Gasteiger partial charge in [-0.2, -0.15) is 0 Å². The fourth-order valence-electron chi connectivity index (χ4n) is 3.57. The molecule has 6 heteroatoms. The van der Waals surface area contributed by atoms with E-state index in [0.29, 0.717) is 6.54 Å². The van der Waals surface area contributed by atoms with Gasteiger partial charge in [0.05, 0.1) is 0 Å². The van der Waals surface area contributed by atoms with Gasteiger partial charge in [-0.1, -0.05) is 48.5 Å². The van der Waals surface area contributed by atoms with Crippen molar-refractivity contribution >= 4 is 22.4 Å². The highest BCUT2D eigenvalue weighted by molar-refractivity contribution is 7.13. The van der Waals surface area contributed by atoms with Gasteiger partial charge in [-0.25, -0.2) is 4.98 Å². The van der Waals surface area contributed by atoms with Gasteiger partial charge in [0.2, 0.25) is 0 Å². The molecule has 1 amide bonds. The number of nitrogens with zero attached hydrogens (tertiary/aromatic N) is 3. The van der Waals surface area contributed by atoms with Gasteiger partial charge in [0.25, 0.3) is 5.91 Å². The number of aromatic nitrogens is 1. The highest BCUT2D eigenvalue weighted by Crippen LogP contribution is 2.22. The van der Waals surface area contributed by atoms with Gasteiger partial charge in [-0.15, -0.1) is 11.3 Å². The van der Waals surface area contributed by atoms with Crippen LogP contribution in [0.2, 0.25) is 0 Å². The number of ether oxygens (including phenoxy) is 1. The molecule has 0 N–H and O–H groups in total. The second-order valence-corrected chi connectivity index (χ2v) is 7.97. The molecule has 1 aliphatic rings. The monoisotopic (exact) mass is 407 g/mol. The minimum atomic E-state index is 0.0421. The summed E-state index contributed by atoms with van der Waals surface area (Å²) in [7, 11) is 0. The summed E-state index contributed by atoms with van der Waals surface area (Å²) in [6.07, 6.45) is 3.56.